The number of aryl methyl sites for hydroxylation is 1. The van der Waals surface area contributed by atoms with Gasteiger partial charge < -0.3 is 9.88 Å². The van der Waals surface area contributed by atoms with Gasteiger partial charge in [0.25, 0.3) is 11.5 Å². The second kappa shape index (κ2) is 12.0. The van der Waals surface area contributed by atoms with E-state index in [0.717, 1.165) is 21.8 Å². The van der Waals surface area contributed by atoms with Crippen LogP contribution in [0.3, 0.4) is 0 Å². The number of halogens is 1. The SMILES string of the molecule is O=C(c1cccs1)n1nc(-c2cc(-c3ccccc3)n(CCc3ccncn3)c(=O)c2)cc1NCc1ccc(Cl)s1. The number of nitrogens with one attached hydrogen (secondary N) is 1. The Bertz CT molecular complexity index is 1850. The summed E-state index contributed by atoms with van der Waals surface area (Å²) in [5.41, 5.74) is 3.46. The summed E-state index contributed by atoms with van der Waals surface area (Å²) in [7, 11) is 0. The van der Waals surface area contributed by atoms with Gasteiger partial charge in [-0.1, -0.05) is 48.0 Å². The lowest BCUT2D eigenvalue weighted by molar-refractivity contribution is 0.0952. The van der Waals surface area contributed by atoms with Crippen molar-refractivity contribution in [2.75, 3.05) is 5.32 Å². The highest BCUT2D eigenvalue weighted by molar-refractivity contribution is 7.16. The topological polar surface area (TPSA) is 94.7 Å². The fourth-order valence-corrected chi connectivity index (χ4v) is 6.12. The summed E-state index contributed by atoms with van der Waals surface area (Å²) >= 11 is 8.92. The molecule has 1 aromatic carbocycles. The Morgan fingerprint density at radius 3 is 2.59 bits per heavy atom. The third-order valence-electron chi connectivity index (χ3n) is 6.43. The minimum Gasteiger partial charge on any atom is -0.365 e. The van der Waals surface area contributed by atoms with E-state index in [1.54, 1.807) is 29.0 Å². The lowest BCUT2D eigenvalue weighted by atomic mass is 10.1. The summed E-state index contributed by atoms with van der Waals surface area (Å²) in [6, 6.07) is 24.3. The van der Waals surface area contributed by atoms with Crippen LogP contribution in [0.5, 0.6) is 0 Å². The quantitative estimate of drug-likeness (QED) is 0.204. The van der Waals surface area contributed by atoms with Crippen molar-refractivity contribution in [3.63, 3.8) is 0 Å². The van der Waals surface area contributed by atoms with E-state index in [2.05, 4.69) is 20.4 Å². The first kappa shape index (κ1) is 26.8. The maximum Gasteiger partial charge on any atom is 0.290 e. The first-order chi connectivity index (χ1) is 20.0. The van der Waals surface area contributed by atoms with E-state index in [0.29, 0.717) is 45.8 Å². The van der Waals surface area contributed by atoms with Gasteiger partial charge in [-0.2, -0.15) is 9.78 Å². The Balaban J connectivity index is 1.40. The van der Waals surface area contributed by atoms with Crippen molar-refractivity contribution < 1.29 is 4.79 Å². The molecule has 0 unspecified atom stereocenters. The summed E-state index contributed by atoms with van der Waals surface area (Å²) in [4.78, 5) is 36.8. The first-order valence-corrected chi connectivity index (χ1v) is 14.8. The van der Waals surface area contributed by atoms with Gasteiger partial charge in [-0.15, -0.1) is 22.7 Å². The van der Waals surface area contributed by atoms with Crippen LogP contribution in [-0.4, -0.2) is 30.2 Å². The summed E-state index contributed by atoms with van der Waals surface area (Å²) in [5.74, 6) is 0.275. The number of benzene rings is 1. The molecule has 0 aliphatic carbocycles. The number of pyridine rings is 1. The predicted octanol–water partition coefficient (Wildman–Crippen LogP) is 6.49. The van der Waals surface area contributed by atoms with Gasteiger partial charge in [-0.25, -0.2) is 9.97 Å². The van der Waals surface area contributed by atoms with Crippen molar-refractivity contribution in [1.82, 2.24) is 24.3 Å². The van der Waals surface area contributed by atoms with Gasteiger partial charge in [0.05, 0.1) is 27.1 Å². The number of rotatable bonds is 9. The smallest absolute Gasteiger partial charge is 0.290 e. The normalized spacial score (nSPS) is 11.0. The Kier molecular flexibility index (Phi) is 7.86. The standard InChI is InChI=1S/C30H23ClN6O2S2/c31-27-9-8-23(41-27)18-33-28-17-24(35-37(28)30(39)26-7-4-14-40-26)21-15-25(20-5-2-1-3-6-20)36(29(38)16-21)13-11-22-10-12-32-19-34-22/h1-10,12,14-17,19,33H,11,13,18H2. The van der Waals surface area contributed by atoms with Crippen molar-refractivity contribution in [1.29, 1.82) is 0 Å². The highest BCUT2D eigenvalue weighted by atomic mass is 35.5. The largest absolute Gasteiger partial charge is 0.365 e. The van der Waals surface area contributed by atoms with Crippen LogP contribution >= 0.6 is 34.3 Å². The van der Waals surface area contributed by atoms with E-state index in [-0.39, 0.29) is 11.5 Å². The number of carbonyl (C=O) groups is 1. The molecule has 0 bridgehead atoms. The summed E-state index contributed by atoms with van der Waals surface area (Å²) in [6.45, 7) is 0.919. The summed E-state index contributed by atoms with van der Waals surface area (Å²) in [6.07, 6.45) is 3.77. The highest BCUT2D eigenvalue weighted by Gasteiger charge is 2.20. The van der Waals surface area contributed by atoms with Gasteiger partial charge in [-0.3, -0.25) is 9.59 Å². The van der Waals surface area contributed by atoms with Crippen LogP contribution < -0.4 is 10.9 Å². The molecule has 5 heterocycles. The zero-order valence-electron chi connectivity index (χ0n) is 21.6. The second-order valence-corrected chi connectivity index (χ2v) is 11.9. The number of anilines is 1. The van der Waals surface area contributed by atoms with Gasteiger partial charge in [0.2, 0.25) is 0 Å². The molecule has 0 atom stereocenters. The third-order valence-corrected chi connectivity index (χ3v) is 8.52. The molecule has 11 heteroatoms. The number of hydrogen-bond donors (Lipinski definition) is 1. The Labute approximate surface area is 248 Å². The molecule has 0 radical (unpaired) electrons. The number of hydrogen-bond acceptors (Lipinski definition) is 8. The molecule has 0 aliphatic rings. The van der Waals surface area contributed by atoms with Crippen molar-refractivity contribution in [3.05, 3.63) is 127 Å². The highest BCUT2D eigenvalue weighted by Crippen LogP contribution is 2.28. The molecular formula is C30H23ClN6O2S2. The van der Waals surface area contributed by atoms with Crippen LogP contribution in [0.1, 0.15) is 20.2 Å². The van der Waals surface area contributed by atoms with Gasteiger partial charge in [0, 0.05) is 47.4 Å². The van der Waals surface area contributed by atoms with Gasteiger partial charge >= 0.3 is 0 Å². The Morgan fingerprint density at radius 1 is 0.976 bits per heavy atom. The number of nitrogens with zero attached hydrogens (tertiary/aromatic N) is 5. The number of aromatic nitrogens is 5. The molecule has 0 saturated carbocycles. The second-order valence-electron chi connectivity index (χ2n) is 9.10. The summed E-state index contributed by atoms with van der Waals surface area (Å²) < 4.78 is 3.80. The molecule has 0 amide bonds. The average molecular weight is 599 g/mol. The molecule has 0 spiro atoms. The van der Waals surface area contributed by atoms with Crippen LogP contribution in [0.25, 0.3) is 22.5 Å². The molecule has 5 aromatic heterocycles. The predicted molar refractivity (Wildman–Crippen MR) is 164 cm³/mol. The third kappa shape index (κ3) is 6.04. The molecule has 1 N–H and O–H groups in total. The summed E-state index contributed by atoms with van der Waals surface area (Å²) in [5, 5.41) is 9.86. The van der Waals surface area contributed by atoms with E-state index in [1.165, 1.54) is 33.7 Å². The molecular weight excluding hydrogens is 576 g/mol. The van der Waals surface area contributed by atoms with Crippen LogP contribution in [0, 0.1) is 0 Å². The van der Waals surface area contributed by atoms with Crippen LogP contribution in [0.4, 0.5) is 5.82 Å². The van der Waals surface area contributed by atoms with Crippen molar-refractivity contribution in [2.24, 2.45) is 0 Å². The lowest BCUT2D eigenvalue weighted by Gasteiger charge is -2.14. The van der Waals surface area contributed by atoms with E-state index in [4.69, 9.17) is 11.6 Å². The van der Waals surface area contributed by atoms with Crippen LogP contribution in [0.15, 0.2) is 102 Å². The number of carbonyl (C=O) groups excluding carboxylic acids is 1. The molecule has 0 fully saturated rings. The fraction of sp³-hybridized carbons (Fsp3) is 0.100. The zero-order valence-corrected chi connectivity index (χ0v) is 24.0. The molecule has 0 saturated heterocycles. The van der Waals surface area contributed by atoms with Gasteiger partial charge in [0.1, 0.15) is 12.1 Å². The van der Waals surface area contributed by atoms with Crippen molar-refractivity contribution >= 4 is 46.0 Å². The zero-order chi connectivity index (χ0) is 28.2. The van der Waals surface area contributed by atoms with E-state index in [1.807, 2.05) is 66.0 Å². The van der Waals surface area contributed by atoms with Gasteiger partial charge in [-0.05, 0) is 41.3 Å². The van der Waals surface area contributed by atoms with Crippen LogP contribution in [-0.2, 0) is 19.5 Å². The van der Waals surface area contributed by atoms with E-state index in [9.17, 15) is 9.59 Å². The Morgan fingerprint density at radius 2 is 1.85 bits per heavy atom. The van der Waals surface area contributed by atoms with Crippen molar-refractivity contribution in [2.45, 2.75) is 19.5 Å². The maximum atomic E-state index is 13.6. The minimum atomic E-state index is -0.251. The van der Waals surface area contributed by atoms with E-state index >= 15 is 0 Å². The average Bonchev–Trinajstić information content (AvgIpc) is 3.77. The maximum absolute atomic E-state index is 13.6. The van der Waals surface area contributed by atoms with E-state index < -0.39 is 0 Å². The molecule has 41 heavy (non-hydrogen) atoms. The molecule has 8 nitrogen and oxygen atoms in total. The van der Waals surface area contributed by atoms with Crippen LogP contribution in [0.2, 0.25) is 4.34 Å². The minimum absolute atomic E-state index is 0.169. The van der Waals surface area contributed by atoms with Gasteiger partial charge in [0.15, 0.2) is 0 Å². The first-order valence-electron chi connectivity index (χ1n) is 12.8. The molecule has 6 rings (SSSR count). The fourth-order valence-electron chi connectivity index (χ4n) is 4.45. The monoisotopic (exact) mass is 598 g/mol. The number of thiophene rings is 2. The van der Waals surface area contributed by atoms with Crippen molar-refractivity contribution in [3.8, 4) is 22.5 Å². The molecule has 6 aromatic rings. The molecule has 0 aliphatic heterocycles. The molecule has 204 valence electrons. The lowest BCUT2D eigenvalue weighted by Crippen LogP contribution is -2.22. The Hall–Kier alpha value is -4.38.